The monoisotopic (exact) mass is 220 g/mol. The molecule has 0 heterocycles. The van der Waals surface area contributed by atoms with Crippen LogP contribution in [-0.4, -0.2) is 12.6 Å². The number of aryl methyl sites for hydroxylation is 1. The van der Waals surface area contributed by atoms with Gasteiger partial charge in [-0.05, 0) is 24.0 Å². The third-order valence-corrected chi connectivity index (χ3v) is 2.47. The molecular formula is C13H20N2O. The van der Waals surface area contributed by atoms with Crippen LogP contribution in [0.25, 0.3) is 0 Å². The molecule has 1 rings (SSSR count). The van der Waals surface area contributed by atoms with Gasteiger partial charge in [0.2, 0.25) is 0 Å². The Morgan fingerprint density at radius 1 is 1.12 bits per heavy atom. The first kappa shape index (κ1) is 12.6. The van der Waals surface area contributed by atoms with Crippen molar-refractivity contribution in [3.8, 4) is 0 Å². The van der Waals surface area contributed by atoms with E-state index in [0.29, 0.717) is 6.54 Å². The van der Waals surface area contributed by atoms with Crippen LogP contribution in [0, 0.1) is 0 Å². The zero-order valence-electron chi connectivity index (χ0n) is 10.0. The molecule has 3 heteroatoms. The highest BCUT2D eigenvalue weighted by atomic mass is 16.2. The second kappa shape index (κ2) is 6.88. The summed E-state index contributed by atoms with van der Waals surface area (Å²) >= 11 is 0. The van der Waals surface area contributed by atoms with E-state index in [1.54, 1.807) is 0 Å². The van der Waals surface area contributed by atoms with E-state index in [0.717, 1.165) is 19.4 Å². The molecule has 0 spiro atoms. The van der Waals surface area contributed by atoms with Gasteiger partial charge < -0.3 is 10.6 Å². The fourth-order valence-electron chi connectivity index (χ4n) is 1.55. The number of nitrogens with one attached hydrogen (secondary N) is 2. The van der Waals surface area contributed by atoms with Crippen LogP contribution < -0.4 is 10.6 Å². The van der Waals surface area contributed by atoms with Crippen LogP contribution in [-0.2, 0) is 13.0 Å². The van der Waals surface area contributed by atoms with E-state index in [4.69, 9.17) is 0 Å². The van der Waals surface area contributed by atoms with Crippen molar-refractivity contribution in [2.45, 2.75) is 33.2 Å². The summed E-state index contributed by atoms with van der Waals surface area (Å²) < 4.78 is 0. The summed E-state index contributed by atoms with van der Waals surface area (Å²) in [5.41, 5.74) is 2.48. The molecule has 0 aliphatic carbocycles. The smallest absolute Gasteiger partial charge is 0.315 e. The molecule has 0 aromatic heterocycles. The Morgan fingerprint density at radius 3 is 2.44 bits per heavy atom. The van der Waals surface area contributed by atoms with E-state index in [9.17, 15) is 4.79 Å². The number of hydrogen-bond donors (Lipinski definition) is 2. The molecular weight excluding hydrogens is 200 g/mol. The van der Waals surface area contributed by atoms with E-state index in [1.807, 2.05) is 19.1 Å². The van der Waals surface area contributed by atoms with Crippen LogP contribution in [0.2, 0.25) is 0 Å². The third kappa shape index (κ3) is 3.93. The molecule has 0 aliphatic heterocycles. The van der Waals surface area contributed by atoms with Crippen molar-refractivity contribution < 1.29 is 4.79 Å². The average molecular weight is 220 g/mol. The zero-order valence-corrected chi connectivity index (χ0v) is 10.0. The van der Waals surface area contributed by atoms with Crippen LogP contribution in [0.15, 0.2) is 24.3 Å². The number of urea groups is 1. The molecule has 2 N–H and O–H groups in total. The van der Waals surface area contributed by atoms with Crippen molar-refractivity contribution in [3.05, 3.63) is 35.4 Å². The summed E-state index contributed by atoms with van der Waals surface area (Å²) in [5.74, 6) is 0. The van der Waals surface area contributed by atoms with Crippen molar-refractivity contribution in [3.63, 3.8) is 0 Å². The number of hydrogen-bond acceptors (Lipinski definition) is 1. The lowest BCUT2D eigenvalue weighted by Gasteiger charge is -2.09. The topological polar surface area (TPSA) is 41.1 Å². The Morgan fingerprint density at radius 2 is 1.81 bits per heavy atom. The van der Waals surface area contributed by atoms with E-state index in [1.165, 1.54) is 11.1 Å². The molecule has 1 aromatic carbocycles. The molecule has 0 aliphatic rings. The molecule has 3 nitrogen and oxygen atoms in total. The Hall–Kier alpha value is -1.51. The van der Waals surface area contributed by atoms with Gasteiger partial charge in [0.05, 0.1) is 0 Å². The van der Waals surface area contributed by atoms with Crippen LogP contribution in [0.1, 0.15) is 31.4 Å². The van der Waals surface area contributed by atoms with Gasteiger partial charge in [-0.2, -0.15) is 0 Å². The minimum atomic E-state index is -0.0900. The molecule has 0 bridgehead atoms. The van der Waals surface area contributed by atoms with Gasteiger partial charge in [-0.1, -0.05) is 38.1 Å². The normalized spacial score (nSPS) is 9.88. The summed E-state index contributed by atoms with van der Waals surface area (Å²) in [7, 11) is 0. The minimum absolute atomic E-state index is 0.0900. The summed E-state index contributed by atoms with van der Waals surface area (Å²) in [6, 6.07) is 8.09. The van der Waals surface area contributed by atoms with Gasteiger partial charge in [0.15, 0.2) is 0 Å². The van der Waals surface area contributed by atoms with Gasteiger partial charge in [-0.15, -0.1) is 0 Å². The molecule has 1 aromatic rings. The van der Waals surface area contributed by atoms with Crippen molar-refractivity contribution in [2.75, 3.05) is 6.54 Å². The van der Waals surface area contributed by atoms with Crippen molar-refractivity contribution in [1.82, 2.24) is 10.6 Å². The highest BCUT2D eigenvalue weighted by Crippen LogP contribution is 2.08. The number of carbonyl (C=O) groups is 1. The highest BCUT2D eigenvalue weighted by Gasteiger charge is 2.02. The maximum absolute atomic E-state index is 11.4. The molecule has 0 fully saturated rings. The lowest BCUT2D eigenvalue weighted by atomic mass is 10.1. The number of benzene rings is 1. The molecule has 0 unspecified atom stereocenters. The van der Waals surface area contributed by atoms with E-state index >= 15 is 0 Å². The first-order valence-electron chi connectivity index (χ1n) is 5.86. The quantitative estimate of drug-likeness (QED) is 0.786. The number of amides is 2. The Kier molecular flexibility index (Phi) is 5.40. The van der Waals surface area contributed by atoms with Crippen molar-refractivity contribution in [1.29, 1.82) is 0 Å². The van der Waals surface area contributed by atoms with Gasteiger partial charge in [0.25, 0.3) is 0 Å². The Balaban J connectivity index is 2.44. The van der Waals surface area contributed by atoms with Crippen LogP contribution in [0.4, 0.5) is 4.79 Å². The van der Waals surface area contributed by atoms with Crippen LogP contribution in [0.5, 0.6) is 0 Å². The average Bonchev–Trinajstić information content (AvgIpc) is 2.34. The molecule has 0 radical (unpaired) electrons. The number of carbonyl (C=O) groups excluding carboxylic acids is 1. The van der Waals surface area contributed by atoms with Crippen LogP contribution in [0.3, 0.4) is 0 Å². The molecule has 0 saturated carbocycles. The molecule has 2 amide bonds. The first-order valence-corrected chi connectivity index (χ1v) is 5.86. The second-order valence-corrected chi connectivity index (χ2v) is 3.73. The van der Waals surface area contributed by atoms with E-state index in [2.05, 4.69) is 29.7 Å². The standard InChI is InChI=1S/C13H20N2O/c1-3-9-14-13(16)15-10-12-8-6-5-7-11(12)4-2/h5-8H,3-4,9-10H2,1-2H3,(H2,14,15,16). The zero-order chi connectivity index (χ0) is 11.8. The van der Waals surface area contributed by atoms with Gasteiger partial charge in [0, 0.05) is 13.1 Å². The molecule has 16 heavy (non-hydrogen) atoms. The SMILES string of the molecule is CCCNC(=O)NCc1ccccc1CC. The fraction of sp³-hybridized carbons (Fsp3) is 0.462. The lowest BCUT2D eigenvalue weighted by Crippen LogP contribution is -2.35. The van der Waals surface area contributed by atoms with Gasteiger partial charge in [0.1, 0.15) is 0 Å². The van der Waals surface area contributed by atoms with Crippen molar-refractivity contribution >= 4 is 6.03 Å². The molecule has 0 saturated heterocycles. The van der Waals surface area contributed by atoms with E-state index in [-0.39, 0.29) is 6.03 Å². The fourth-order valence-corrected chi connectivity index (χ4v) is 1.55. The summed E-state index contributed by atoms with van der Waals surface area (Å²) in [5, 5.41) is 5.65. The lowest BCUT2D eigenvalue weighted by molar-refractivity contribution is 0.240. The second-order valence-electron chi connectivity index (χ2n) is 3.73. The summed E-state index contributed by atoms with van der Waals surface area (Å²) in [4.78, 5) is 11.4. The summed E-state index contributed by atoms with van der Waals surface area (Å²) in [6.45, 7) is 5.48. The predicted molar refractivity (Wildman–Crippen MR) is 66.3 cm³/mol. The van der Waals surface area contributed by atoms with Gasteiger partial charge in [-0.25, -0.2) is 4.79 Å². The predicted octanol–water partition coefficient (Wildman–Crippen LogP) is 2.46. The molecule has 0 atom stereocenters. The van der Waals surface area contributed by atoms with Gasteiger partial charge in [-0.3, -0.25) is 0 Å². The maximum atomic E-state index is 11.4. The maximum Gasteiger partial charge on any atom is 0.315 e. The largest absolute Gasteiger partial charge is 0.338 e. The Labute approximate surface area is 97.2 Å². The molecule has 88 valence electrons. The Bertz CT molecular complexity index is 336. The first-order chi connectivity index (χ1) is 7.77. The number of rotatable bonds is 5. The van der Waals surface area contributed by atoms with Crippen molar-refractivity contribution in [2.24, 2.45) is 0 Å². The van der Waals surface area contributed by atoms with Crippen LogP contribution >= 0.6 is 0 Å². The van der Waals surface area contributed by atoms with E-state index < -0.39 is 0 Å². The van der Waals surface area contributed by atoms with Gasteiger partial charge >= 0.3 is 6.03 Å². The third-order valence-electron chi connectivity index (χ3n) is 2.47. The highest BCUT2D eigenvalue weighted by molar-refractivity contribution is 5.73. The summed E-state index contributed by atoms with van der Waals surface area (Å²) in [6.07, 6.45) is 1.95. The minimum Gasteiger partial charge on any atom is -0.338 e.